The minimum Gasteiger partial charge on any atom is -1.00 e. The smallest absolute Gasteiger partial charge is 0.255 e. The van der Waals surface area contributed by atoms with Crippen molar-refractivity contribution >= 4 is 63.3 Å². The molecular weight excluding hydrogens is 531 g/mol. The fraction of sp³-hybridized carbons (Fsp3) is 0.100. The number of carbonyl (C=O) groups is 1. The van der Waals surface area contributed by atoms with E-state index in [0.717, 1.165) is 45.0 Å². The van der Waals surface area contributed by atoms with E-state index in [-0.39, 0.29) is 30.7 Å². The number of halogens is 2. The number of hydrogen-bond donors (Lipinski definition) is 3. The maximum absolute atomic E-state index is 12.8. The highest BCUT2D eigenvalue weighted by atomic mass is 35.5. The maximum atomic E-state index is 12.8. The lowest BCUT2D eigenvalue weighted by atomic mass is 10.1. The van der Waals surface area contributed by atoms with Crippen LogP contribution in [0.25, 0.3) is 10.9 Å². The Morgan fingerprint density at radius 3 is 2.18 bits per heavy atom. The van der Waals surface area contributed by atoms with Crippen molar-refractivity contribution in [2.75, 3.05) is 34.9 Å². The van der Waals surface area contributed by atoms with E-state index < -0.39 is 0 Å². The van der Waals surface area contributed by atoms with Gasteiger partial charge in [0.2, 0.25) is 0 Å². The first kappa shape index (κ1) is 29.2. The van der Waals surface area contributed by atoms with Crippen LogP contribution in [-0.2, 0) is 7.05 Å². The number of pyridine rings is 2. The van der Waals surface area contributed by atoms with Crippen molar-refractivity contribution < 1.29 is 17.2 Å². The third-order valence-corrected chi connectivity index (χ3v) is 6.08. The van der Waals surface area contributed by atoms with Crippen LogP contribution in [0.2, 0.25) is 0 Å². The van der Waals surface area contributed by atoms with Gasteiger partial charge in [-0.2, -0.15) is 0 Å². The van der Waals surface area contributed by atoms with E-state index in [1.807, 2.05) is 111 Å². The summed E-state index contributed by atoms with van der Waals surface area (Å²) < 4.78 is 1.98. The topological polar surface area (TPSA) is 74.2 Å². The highest BCUT2D eigenvalue weighted by Gasteiger charge is 2.09. The van der Waals surface area contributed by atoms with Gasteiger partial charge in [0.05, 0.1) is 30.0 Å². The van der Waals surface area contributed by atoms with Gasteiger partial charge in [-0.05, 0) is 60.7 Å². The molecule has 0 spiro atoms. The second kappa shape index (κ2) is 13.0. The number of carbonyl (C=O) groups excluding carboxylic acids is 1. The van der Waals surface area contributed by atoms with Crippen LogP contribution in [0.5, 0.6) is 0 Å². The van der Waals surface area contributed by atoms with E-state index in [4.69, 9.17) is 0 Å². The molecule has 0 saturated heterocycles. The van der Waals surface area contributed by atoms with E-state index >= 15 is 0 Å². The minimum absolute atomic E-state index is 0. The standard InChI is InChI=1S/C30H28N6O.2ClH/c1-35(2)26-12-13-28-27(20-26)29(14-17-31-28)33-23-8-10-24(11-9-23)34-30(37)21-4-6-22(7-5-21)32-25-15-18-36(3)19-16-25;;/h4-20H,1-3H3,(H2-,31,32,33,34,37);2*1H. The van der Waals surface area contributed by atoms with Gasteiger partial charge >= 0.3 is 0 Å². The van der Waals surface area contributed by atoms with Crippen molar-refractivity contribution in [1.82, 2.24) is 9.55 Å². The summed E-state index contributed by atoms with van der Waals surface area (Å²) in [4.78, 5) is 19.3. The number of amides is 1. The van der Waals surface area contributed by atoms with Crippen molar-refractivity contribution in [3.05, 3.63) is 109 Å². The van der Waals surface area contributed by atoms with Crippen LogP contribution < -0.4 is 33.3 Å². The Hall–Kier alpha value is -4.33. The fourth-order valence-electron chi connectivity index (χ4n) is 3.97. The Morgan fingerprint density at radius 2 is 1.51 bits per heavy atom. The Bertz CT molecular complexity index is 1540. The molecule has 0 saturated carbocycles. The average Bonchev–Trinajstić information content (AvgIpc) is 2.91. The quantitative estimate of drug-likeness (QED) is 0.261. The summed E-state index contributed by atoms with van der Waals surface area (Å²) in [5.41, 5.74) is 7.16. The Kier molecular flexibility index (Phi) is 9.71. The van der Waals surface area contributed by atoms with Gasteiger partial charge in [0.25, 0.3) is 5.91 Å². The first-order chi connectivity index (χ1) is 17.9. The number of rotatable bonds is 7. The summed E-state index contributed by atoms with van der Waals surface area (Å²) in [5.74, 6) is -0.157. The zero-order valence-electron chi connectivity index (χ0n) is 21.9. The molecule has 200 valence electrons. The van der Waals surface area contributed by atoms with Gasteiger partial charge in [0.1, 0.15) is 11.4 Å². The van der Waals surface area contributed by atoms with E-state index in [1.165, 1.54) is 0 Å². The van der Waals surface area contributed by atoms with Crippen LogP contribution in [0, 0.1) is 0 Å². The number of aromatic nitrogens is 2. The molecule has 2 heterocycles. The molecule has 3 aromatic carbocycles. The van der Waals surface area contributed by atoms with Gasteiger partial charge < -0.3 is 27.9 Å². The zero-order valence-corrected chi connectivity index (χ0v) is 23.4. The third-order valence-electron chi connectivity index (χ3n) is 6.08. The number of aryl methyl sites for hydroxylation is 1. The summed E-state index contributed by atoms with van der Waals surface area (Å²) in [6.07, 6.45) is 5.76. The van der Waals surface area contributed by atoms with Crippen molar-refractivity contribution in [3.8, 4) is 0 Å². The van der Waals surface area contributed by atoms with E-state index in [0.29, 0.717) is 5.56 Å². The predicted molar refractivity (Wildman–Crippen MR) is 161 cm³/mol. The first-order valence-corrected chi connectivity index (χ1v) is 12.0. The number of nitrogens with one attached hydrogen (secondary N) is 3. The molecule has 0 fully saturated rings. The molecule has 5 rings (SSSR count). The summed E-state index contributed by atoms with van der Waals surface area (Å²) >= 11 is 0. The van der Waals surface area contributed by atoms with Crippen LogP contribution >= 0.6 is 12.4 Å². The molecule has 0 aliphatic rings. The third kappa shape index (κ3) is 7.16. The Balaban J connectivity index is 0.00000210. The monoisotopic (exact) mass is 560 g/mol. The summed E-state index contributed by atoms with van der Waals surface area (Å²) in [6.45, 7) is 0. The molecule has 0 aliphatic carbocycles. The number of hydrogen-bond acceptors (Lipinski definition) is 5. The van der Waals surface area contributed by atoms with Crippen LogP contribution in [0.4, 0.5) is 34.1 Å². The molecule has 9 heteroatoms. The first-order valence-electron chi connectivity index (χ1n) is 12.0. The van der Waals surface area contributed by atoms with Crippen molar-refractivity contribution in [1.29, 1.82) is 0 Å². The van der Waals surface area contributed by atoms with Gasteiger partial charge in [-0.15, -0.1) is 12.4 Å². The fourth-order valence-corrected chi connectivity index (χ4v) is 3.97. The molecule has 3 N–H and O–H groups in total. The van der Waals surface area contributed by atoms with E-state index in [2.05, 4.69) is 38.0 Å². The lowest BCUT2D eigenvalue weighted by Gasteiger charge is -2.15. The molecule has 2 aromatic heterocycles. The predicted octanol–water partition coefficient (Wildman–Crippen LogP) is 4.09. The largest absolute Gasteiger partial charge is 1.00 e. The molecule has 1 amide bonds. The molecule has 0 bridgehead atoms. The van der Waals surface area contributed by atoms with Crippen LogP contribution in [0.3, 0.4) is 0 Å². The number of fused-ring (bicyclic) bond motifs is 1. The number of benzene rings is 3. The van der Waals surface area contributed by atoms with Gasteiger partial charge in [0.15, 0.2) is 0 Å². The molecule has 39 heavy (non-hydrogen) atoms. The van der Waals surface area contributed by atoms with Gasteiger partial charge in [0, 0.05) is 73.2 Å². The van der Waals surface area contributed by atoms with Crippen LogP contribution in [-0.4, -0.2) is 29.6 Å². The summed E-state index contributed by atoms with van der Waals surface area (Å²) in [5, 5.41) is 10.8. The Morgan fingerprint density at radius 1 is 0.872 bits per heavy atom. The van der Waals surface area contributed by atoms with E-state index in [1.54, 1.807) is 6.20 Å². The van der Waals surface area contributed by atoms with Gasteiger partial charge in [-0.25, -0.2) is 0 Å². The molecule has 0 unspecified atom stereocenters. The molecular formula is C30H30Cl2N6O. The second-order valence-corrected chi connectivity index (χ2v) is 9.07. The molecule has 0 aliphatic heterocycles. The molecule has 0 atom stereocenters. The zero-order chi connectivity index (χ0) is 25.8. The minimum atomic E-state index is -0.157. The van der Waals surface area contributed by atoms with Crippen molar-refractivity contribution in [2.45, 2.75) is 0 Å². The second-order valence-electron chi connectivity index (χ2n) is 9.07. The van der Waals surface area contributed by atoms with E-state index in [9.17, 15) is 4.79 Å². The number of nitrogens with zero attached hydrogens (tertiary/aromatic N) is 3. The highest BCUT2D eigenvalue weighted by Crippen LogP contribution is 2.29. The van der Waals surface area contributed by atoms with Gasteiger partial charge in [-0.1, -0.05) is 0 Å². The molecule has 7 nitrogen and oxygen atoms in total. The normalized spacial score (nSPS) is 10.1. The summed E-state index contributed by atoms with van der Waals surface area (Å²) in [6, 6.07) is 27.3. The maximum Gasteiger partial charge on any atom is 0.255 e. The van der Waals surface area contributed by atoms with Crippen molar-refractivity contribution in [2.24, 2.45) is 7.05 Å². The van der Waals surface area contributed by atoms with Crippen LogP contribution in [0.15, 0.2) is 104 Å². The lowest BCUT2D eigenvalue weighted by molar-refractivity contribution is -0.0000152. The number of anilines is 6. The lowest BCUT2D eigenvalue weighted by Crippen LogP contribution is -3.00. The Labute approximate surface area is 240 Å². The van der Waals surface area contributed by atoms with Crippen LogP contribution in [0.1, 0.15) is 10.4 Å². The average molecular weight is 562 g/mol. The van der Waals surface area contributed by atoms with Gasteiger partial charge in [-0.3, -0.25) is 19.7 Å². The molecule has 5 aromatic rings. The van der Waals surface area contributed by atoms with Crippen molar-refractivity contribution in [3.63, 3.8) is 0 Å². The molecule has 0 radical (unpaired) electrons. The highest BCUT2D eigenvalue weighted by molar-refractivity contribution is 6.04. The summed E-state index contributed by atoms with van der Waals surface area (Å²) in [7, 11) is 6.02. The SMILES string of the molecule is CN(C)c1ccc2nccc(Nc3ccc(NC(=O)c4ccc(N[c+]5ccn(C)cc5)cc4)cc3)c2c1.Cl.[Cl-].